The lowest BCUT2D eigenvalue weighted by molar-refractivity contribution is -0.125. The molecular weight excluding hydrogens is 258 g/mol. The molecule has 0 spiro atoms. The number of carbonyl (C=O) groups excluding carboxylic acids is 2. The number of hydrogen-bond donors (Lipinski definition) is 1. The van der Waals surface area contributed by atoms with Gasteiger partial charge < -0.3 is 9.84 Å². The molecule has 0 bridgehead atoms. The number of allylic oxidation sites excluding steroid dienone is 1. The van der Waals surface area contributed by atoms with Crippen molar-refractivity contribution in [3.05, 3.63) is 12.2 Å². The van der Waals surface area contributed by atoms with Crippen molar-refractivity contribution in [3.63, 3.8) is 0 Å². The molecule has 0 aliphatic carbocycles. The van der Waals surface area contributed by atoms with Gasteiger partial charge in [-0.3, -0.25) is 4.79 Å². The van der Waals surface area contributed by atoms with Gasteiger partial charge in [0, 0.05) is 6.61 Å². The van der Waals surface area contributed by atoms with Crippen molar-refractivity contribution >= 4 is 12.0 Å². The van der Waals surface area contributed by atoms with E-state index in [0.717, 1.165) is 6.42 Å². The highest BCUT2D eigenvalue weighted by atomic mass is 16.6. The topological polar surface area (TPSA) is 66.8 Å². The molecule has 1 rings (SSSR count). The minimum absolute atomic E-state index is 0.149. The second-order valence-electron chi connectivity index (χ2n) is 6.37. The molecule has 0 aromatic rings. The second kappa shape index (κ2) is 6.88. The van der Waals surface area contributed by atoms with Gasteiger partial charge in [-0.15, -0.1) is 0 Å². The highest BCUT2D eigenvalue weighted by molar-refractivity contribution is 5.99. The normalized spacial score (nSPS) is 21.4. The van der Waals surface area contributed by atoms with Crippen LogP contribution in [0.2, 0.25) is 0 Å². The fourth-order valence-corrected chi connectivity index (χ4v) is 2.14. The van der Waals surface area contributed by atoms with E-state index in [1.165, 1.54) is 11.0 Å². The minimum atomic E-state index is -0.567. The first kappa shape index (κ1) is 16.7. The molecular formula is C15H25NO4. The Balaban J connectivity index is 2.69. The summed E-state index contributed by atoms with van der Waals surface area (Å²) in [6.45, 7) is 8.32. The Kier molecular flexibility index (Phi) is 5.74. The Bertz CT molecular complexity index is 384. The van der Waals surface area contributed by atoms with Crippen molar-refractivity contribution in [3.8, 4) is 0 Å². The molecule has 0 aromatic heterocycles. The van der Waals surface area contributed by atoms with Crippen LogP contribution in [0, 0.1) is 11.3 Å². The SMILES string of the molecule is C[C@H](/C=C/C(=O)N1C(=O)OC[C@@H]1C(C)(C)C)CCCO. The van der Waals surface area contributed by atoms with Crippen LogP contribution in [-0.4, -0.2) is 41.3 Å². The number of carbonyl (C=O) groups is 2. The van der Waals surface area contributed by atoms with E-state index in [-0.39, 0.29) is 36.5 Å². The van der Waals surface area contributed by atoms with Crippen molar-refractivity contribution in [2.24, 2.45) is 11.3 Å². The van der Waals surface area contributed by atoms with Gasteiger partial charge in [0.1, 0.15) is 6.61 Å². The zero-order valence-electron chi connectivity index (χ0n) is 12.8. The number of ether oxygens (including phenoxy) is 1. The molecule has 0 radical (unpaired) electrons. The van der Waals surface area contributed by atoms with E-state index in [0.29, 0.717) is 6.42 Å². The molecule has 1 aliphatic rings. The highest BCUT2D eigenvalue weighted by Crippen LogP contribution is 2.29. The summed E-state index contributed by atoms with van der Waals surface area (Å²) in [6.07, 6.45) is 4.17. The maximum atomic E-state index is 12.2. The van der Waals surface area contributed by atoms with Gasteiger partial charge >= 0.3 is 6.09 Å². The van der Waals surface area contributed by atoms with Crippen LogP contribution in [0.3, 0.4) is 0 Å². The summed E-state index contributed by atoms with van der Waals surface area (Å²) in [5, 5.41) is 8.76. The summed E-state index contributed by atoms with van der Waals surface area (Å²) in [5.41, 5.74) is -0.210. The van der Waals surface area contributed by atoms with E-state index >= 15 is 0 Å². The number of rotatable bonds is 5. The molecule has 0 unspecified atom stereocenters. The maximum absolute atomic E-state index is 12.2. The lowest BCUT2D eigenvalue weighted by Crippen LogP contribution is -2.45. The Morgan fingerprint density at radius 1 is 1.55 bits per heavy atom. The number of cyclic esters (lactones) is 1. The van der Waals surface area contributed by atoms with Crippen molar-refractivity contribution in [2.75, 3.05) is 13.2 Å². The summed E-state index contributed by atoms with van der Waals surface area (Å²) in [5.74, 6) is -0.138. The second-order valence-corrected chi connectivity index (χ2v) is 6.37. The average Bonchev–Trinajstić information content (AvgIpc) is 2.75. The van der Waals surface area contributed by atoms with E-state index in [2.05, 4.69) is 0 Å². The first-order valence-corrected chi connectivity index (χ1v) is 7.06. The van der Waals surface area contributed by atoms with Gasteiger partial charge in [0.25, 0.3) is 5.91 Å². The van der Waals surface area contributed by atoms with E-state index in [9.17, 15) is 9.59 Å². The summed E-state index contributed by atoms with van der Waals surface area (Å²) in [4.78, 5) is 25.1. The van der Waals surface area contributed by atoms with Gasteiger partial charge in [0.2, 0.25) is 0 Å². The van der Waals surface area contributed by atoms with Gasteiger partial charge in [-0.05, 0) is 30.3 Å². The molecule has 2 atom stereocenters. The number of aliphatic hydroxyl groups is 1. The summed E-state index contributed by atoms with van der Waals surface area (Å²) in [7, 11) is 0. The van der Waals surface area contributed by atoms with Crippen molar-refractivity contribution in [2.45, 2.75) is 46.6 Å². The monoisotopic (exact) mass is 283 g/mol. The van der Waals surface area contributed by atoms with Crippen LogP contribution < -0.4 is 0 Å². The minimum Gasteiger partial charge on any atom is -0.447 e. The molecule has 114 valence electrons. The molecule has 1 N–H and O–H groups in total. The van der Waals surface area contributed by atoms with Crippen molar-refractivity contribution in [1.82, 2.24) is 4.90 Å². The largest absolute Gasteiger partial charge is 0.447 e. The van der Waals surface area contributed by atoms with E-state index < -0.39 is 6.09 Å². The van der Waals surface area contributed by atoms with Gasteiger partial charge in [0.15, 0.2) is 0 Å². The van der Waals surface area contributed by atoms with E-state index in [1.54, 1.807) is 6.08 Å². The number of amides is 2. The fraction of sp³-hybridized carbons (Fsp3) is 0.733. The number of hydrogen-bond acceptors (Lipinski definition) is 4. The lowest BCUT2D eigenvalue weighted by atomic mass is 9.86. The lowest BCUT2D eigenvalue weighted by Gasteiger charge is -2.30. The maximum Gasteiger partial charge on any atom is 0.417 e. The van der Waals surface area contributed by atoms with Crippen LogP contribution in [0.15, 0.2) is 12.2 Å². The van der Waals surface area contributed by atoms with Gasteiger partial charge in [-0.25, -0.2) is 9.69 Å². The molecule has 0 aromatic carbocycles. The third kappa shape index (κ3) is 4.34. The van der Waals surface area contributed by atoms with Crippen LogP contribution in [0.25, 0.3) is 0 Å². The zero-order chi connectivity index (χ0) is 15.3. The third-order valence-corrected chi connectivity index (χ3v) is 3.50. The van der Waals surface area contributed by atoms with Crippen LogP contribution in [-0.2, 0) is 9.53 Å². The smallest absolute Gasteiger partial charge is 0.417 e. The number of nitrogens with zero attached hydrogens (tertiary/aromatic N) is 1. The van der Waals surface area contributed by atoms with Crippen LogP contribution in [0.4, 0.5) is 4.79 Å². The van der Waals surface area contributed by atoms with Gasteiger partial charge in [-0.2, -0.15) is 0 Å². The van der Waals surface area contributed by atoms with Gasteiger partial charge in [0.05, 0.1) is 6.04 Å². The summed E-state index contributed by atoms with van der Waals surface area (Å²) >= 11 is 0. The standard InChI is InChI=1S/C15H25NO4/c1-11(6-5-9-17)7-8-13(18)16-12(15(2,3)4)10-20-14(16)19/h7-8,11-12,17H,5-6,9-10H2,1-4H3/b8-7+/t11-,12+/m0/s1. The Morgan fingerprint density at radius 2 is 2.20 bits per heavy atom. The van der Waals surface area contributed by atoms with Crippen LogP contribution in [0.5, 0.6) is 0 Å². The average molecular weight is 283 g/mol. The summed E-state index contributed by atoms with van der Waals surface area (Å²) in [6, 6.07) is -0.236. The van der Waals surface area contributed by atoms with Crippen LogP contribution >= 0.6 is 0 Å². The molecule has 1 heterocycles. The molecule has 1 fully saturated rings. The Morgan fingerprint density at radius 3 is 2.75 bits per heavy atom. The summed E-state index contributed by atoms with van der Waals surface area (Å²) < 4.78 is 5.00. The Labute approximate surface area is 120 Å². The molecule has 2 amide bonds. The van der Waals surface area contributed by atoms with Crippen molar-refractivity contribution < 1.29 is 19.4 Å². The fourth-order valence-electron chi connectivity index (χ4n) is 2.14. The molecule has 1 aliphatic heterocycles. The highest BCUT2D eigenvalue weighted by Gasteiger charge is 2.43. The number of aliphatic hydroxyl groups excluding tert-OH is 1. The van der Waals surface area contributed by atoms with Gasteiger partial charge in [-0.1, -0.05) is 33.8 Å². The molecule has 1 saturated heterocycles. The molecule has 5 heteroatoms. The van der Waals surface area contributed by atoms with Crippen LogP contribution in [0.1, 0.15) is 40.5 Å². The predicted octanol–water partition coefficient (Wildman–Crippen LogP) is 2.34. The van der Waals surface area contributed by atoms with Crippen molar-refractivity contribution in [1.29, 1.82) is 0 Å². The Hall–Kier alpha value is -1.36. The third-order valence-electron chi connectivity index (χ3n) is 3.50. The molecule has 0 saturated carbocycles. The van der Waals surface area contributed by atoms with E-state index in [4.69, 9.17) is 9.84 Å². The predicted molar refractivity (Wildman–Crippen MR) is 76.1 cm³/mol. The molecule has 20 heavy (non-hydrogen) atoms. The first-order chi connectivity index (χ1) is 9.27. The first-order valence-electron chi connectivity index (χ1n) is 7.06. The number of imide groups is 1. The molecule has 5 nitrogen and oxygen atoms in total. The zero-order valence-corrected chi connectivity index (χ0v) is 12.8. The quantitative estimate of drug-likeness (QED) is 0.786. The van der Waals surface area contributed by atoms with E-state index in [1.807, 2.05) is 27.7 Å².